The number of likely N-dealkylation sites (tertiary alicyclic amines) is 1. The number of carbonyl (C=O) groups excluding carboxylic acids is 2. The van der Waals surface area contributed by atoms with E-state index >= 15 is 0 Å². The highest BCUT2D eigenvalue weighted by molar-refractivity contribution is 5.88. The number of aromatic nitrogens is 2. The number of nitrogens with zero attached hydrogens (tertiary/aromatic N) is 1. The molecule has 0 saturated carbocycles. The van der Waals surface area contributed by atoms with Crippen molar-refractivity contribution in [1.29, 1.82) is 0 Å². The van der Waals surface area contributed by atoms with E-state index in [1.807, 2.05) is 0 Å². The molecule has 2 heterocycles. The number of hydrogen-bond donors (Lipinski definition) is 3. The van der Waals surface area contributed by atoms with Crippen LogP contribution in [0.25, 0.3) is 11.0 Å². The van der Waals surface area contributed by atoms with Crippen molar-refractivity contribution in [2.75, 3.05) is 13.1 Å². The summed E-state index contributed by atoms with van der Waals surface area (Å²) in [4.78, 5) is 41.4. The highest BCUT2D eigenvalue weighted by atomic mass is 19.4. The zero-order valence-electron chi connectivity index (χ0n) is 14.1. The summed E-state index contributed by atoms with van der Waals surface area (Å²) in [5.74, 6) is -4.73. The topological polar surface area (TPSA) is 98.1 Å². The number of amides is 2. The molecule has 2 atom stereocenters. The summed E-state index contributed by atoms with van der Waals surface area (Å²) < 4.78 is 39.8. The summed E-state index contributed by atoms with van der Waals surface area (Å²) in [5, 5.41) is 2.49. The smallest absolute Gasteiger partial charge is 0.352 e. The van der Waals surface area contributed by atoms with E-state index in [1.165, 1.54) is 0 Å². The lowest BCUT2D eigenvalue weighted by Crippen LogP contribution is -2.39. The van der Waals surface area contributed by atoms with Gasteiger partial charge in [0.1, 0.15) is 0 Å². The van der Waals surface area contributed by atoms with Gasteiger partial charge in [-0.15, -0.1) is 0 Å². The van der Waals surface area contributed by atoms with Gasteiger partial charge in [0.05, 0.1) is 22.9 Å². The van der Waals surface area contributed by atoms with Crippen molar-refractivity contribution < 1.29 is 22.8 Å². The van der Waals surface area contributed by atoms with Crippen LogP contribution in [0.1, 0.15) is 5.56 Å². The van der Waals surface area contributed by atoms with Crippen LogP contribution in [0.15, 0.2) is 35.6 Å². The lowest BCUT2D eigenvalue weighted by Gasteiger charge is -2.20. The highest BCUT2D eigenvalue weighted by Gasteiger charge is 2.53. The van der Waals surface area contributed by atoms with E-state index in [0.29, 0.717) is 16.6 Å². The molecule has 0 radical (unpaired) electrons. The summed E-state index contributed by atoms with van der Waals surface area (Å²) in [6, 6.07) is 4.90. The van der Waals surface area contributed by atoms with Gasteiger partial charge in [-0.2, -0.15) is 13.2 Å². The van der Waals surface area contributed by atoms with Crippen molar-refractivity contribution in [3.05, 3.63) is 46.9 Å². The van der Waals surface area contributed by atoms with Gasteiger partial charge in [-0.25, -0.2) is 4.79 Å². The number of alkyl halides is 3. The summed E-state index contributed by atoms with van der Waals surface area (Å²) >= 11 is 0. The molecular formula is C17H17F3N4O3. The number of halogens is 3. The second kappa shape index (κ2) is 6.93. The van der Waals surface area contributed by atoms with Crippen LogP contribution in [-0.4, -0.2) is 45.9 Å². The van der Waals surface area contributed by atoms with E-state index in [1.54, 1.807) is 18.2 Å². The molecule has 7 nitrogen and oxygen atoms in total. The summed E-state index contributed by atoms with van der Waals surface area (Å²) in [7, 11) is 0. The molecule has 27 heavy (non-hydrogen) atoms. The average Bonchev–Trinajstić information content (AvgIpc) is 3.21. The van der Waals surface area contributed by atoms with E-state index in [2.05, 4.69) is 21.9 Å². The SMILES string of the molecule is C=CC(=O)N1C[C@@H](C(F)(F)F)[C@H](C(=O)NCc2ccc3[nH]c(=O)[nH]c3c2)C1. The van der Waals surface area contributed by atoms with Crippen LogP contribution < -0.4 is 11.0 Å². The minimum atomic E-state index is -4.60. The van der Waals surface area contributed by atoms with E-state index in [-0.39, 0.29) is 18.8 Å². The van der Waals surface area contributed by atoms with Gasteiger partial charge in [-0.1, -0.05) is 12.6 Å². The van der Waals surface area contributed by atoms with Gasteiger partial charge in [-0.3, -0.25) is 9.59 Å². The molecule has 1 fully saturated rings. The fourth-order valence-corrected chi connectivity index (χ4v) is 3.22. The molecule has 144 valence electrons. The maximum atomic E-state index is 13.3. The standard InChI is InChI=1S/C17H17F3N4O3/c1-2-14(25)24-7-10(11(8-24)17(18,19)20)15(26)21-6-9-3-4-12-13(5-9)23-16(27)22-12/h2-5,10-11H,1,6-8H2,(H,21,26)(H2,22,23,27)/t10-,11-/m1/s1. The Hall–Kier alpha value is -3.04. The Bertz CT molecular complexity index is 947. The van der Waals surface area contributed by atoms with Crippen molar-refractivity contribution in [3.63, 3.8) is 0 Å². The largest absolute Gasteiger partial charge is 0.394 e. The van der Waals surface area contributed by atoms with Gasteiger partial charge in [0, 0.05) is 19.6 Å². The zero-order valence-corrected chi connectivity index (χ0v) is 14.1. The number of rotatable bonds is 4. The quantitative estimate of drug-likeness (QED) is 0.695. The monoisotopic (exact) mass is 382 g/mol. The molecule has 1 aliphatic rings. The molecule has 0 spiro atoms. The first-order valence-electron chi connectivity index (χ1n) is 8.15. The van der Waals surface area contributed by atoms with Crippen LogP contribution >= 0.6 is 0 Å². The number of imidazole rings is 1. The molecule has 3 rings (SSSR count). The van der Waals surface area contributed by atoms with Crippen LogP contribution in [0.2, 0.25) is 0 Å². The third-order valence-electron chi connectivity index (χ3n) is 4.61. The second-order valence-electron chi connectivity index (χ2n) is 6.38. The van der Waals surface area contributed by atoms with Crippen molar-refractivity contribution in [1.82, 2.24) is 20.2 Å². The Kier molecular flexibility index (Phi) is 4.81. The molecule has 0 bridgehead atoms. The number of benzene rings is 1. The first-order valence-corrected chi connectivity index (χ1v) is 8.15. The van der Waals surface area contributed by atoms with Gasteiger partial charge in [0.25, 0.3) is 0 Å². The molecule has 2 amide bonds. The Morgan fingerprint density at radius 1 is 1.26 bits per heavy atom. The van der Waals surface area contributed by atoms with Crippen LogP contribution in [0.5, 0.6) is 0 Å². The van der Waals surface area contributed by atoms with E-state index in [4.69, 9.17) is 0 Å². The minimum Gasteiger partial charge on any atom is -0.352 e. The Morgan fingerprint density at radius 3 is 2.63 bits per heavy atom. The molecule has 1 aliphatic heterocycles. The van der Waals surface area contributed by atoms with Crippen molar-refractivity contribution in [3.8, 4) is 0 Å². The molecule has 1 aromatic carbocycles. The molecule has 0 aliphatic carbocycles. The normalized spacial score (nSPS) is 20.0. The van der Waals surface area contributed by atoms with E-state index in [9.17, 15) is 27.6 Å². The first kappa shape index (κ1) is 18.7. The molecule has 2 aromatic rings. The predicted molar refractivity (Wildman–Crippen MR) is 90.6 cm³/mol. The first-order chi connectivity index (χ1) is 12.7. The average molecular weight is 382 g/mol. The van der Waals surface area contributed by atoms with Crippen LogP contribution in [0.4, 0.5) is 13.2 Å². The van der Waals surface area contributed by atoms with Crippen LogP contribution in [-0.2, 0) is 16.1 Å². The Morgan fingerprint density at radius 2 is 1.96 bits per heavy atom. The molecule has 1 aromatic heterocycles. The second-order valence-corrected chi connectivity index (χ2v) is 6.38. The van der Waals surface area contributed by atoms with Crippen molar-refractivity contribution in [2.45, 2.75) is 12.7 Å². The summed E-state index contributed by atoms with van der Waals surface area (Å²) in [6.07, 6.45) is -3.66. The highest BCUT2D eigenvalue weighted by Crippen LogP contribution is 2.37. The van der Waals surface area contributed by atoms with E-state index in [0.717, 1.165) is 11.0 Å². The zero-order chi connectivity index (χ0) is 19.8. The maximum absolute atomic E-state index is 13.3. The molecule has 1 saturated heterocycles. The summed E-state index contributed by atoms with van der Waals surface area (Å²) in [6.45, 7) is 2.38. The summed E-state index contributed by atoms with van der Waals surface area (Å²) in [5.41, 5.74) is 1.36. The van der Waals surface area contributed by atoms with Gasteiger partial charge in [-0.05, 0) is 23.8 Å². The van der Waals surface area contributed by atoms with Gasteiger partial charge in [0.2, 0.25) is 11.8 Å². The number of carbonyl (C=O) groups is 2. The van der Waals surface area contributed by atoms with Crippen LogP contribution in [0, 0.1) is 11.8 Å². The maximum Gasteiger partial charge on any atom is 0.394 e. The number of H-pyrrole nitrogens is 2. The minimum absolute atomic E-state index is 0.00152. The number of nitrogens with one attached hydrogen (secondary N) is 3. The Balaban J connectivity index is 1.71. The Labute approximate surface area is 151 Å². The number of aromatic amines is 2. The lowest BCUT2D eigenvalue weighted by atomic mass is 9.94. The van der Waals surface area contributed by atoms with Crippen molar-refractivity contribution >= 4 is 22.8 Å². The fourth-order valence-electron chi connectivity index (χ4n) is 3.22. The van der Waals surface area contributed by atoms with Gasteiger partial charge >= 0.3 is 11.9 Å². The third kappa shape index (κ3) is 3.88. The molecule has 3 N–H and O–H groups in total. The van der Waals surface area contributed by atoms with Gasteiger partial charge in [0.15, 0.2) is 0 Å². The number of hydrogen-bond acceptors (Lipinski definition) is 3. The number of fused-ring (bicyclic) bond motifs is 1. The lowest BCUT2D eigenvalue weighted by molar-refractivity contribution is -0.183. The van der Waals surface area contributed by atoms with Gasteiger partial charge < -0.3 is 20.2 Å². The fraction of sp³-hybridized carbons (Fsp3) is 0.353. The molecular weight excluding hydrogens is 365 g/mol. The van der Waals surface area contributed by atoms with Crippen LogP contribution in [0.3, 0.4) is 0 Å². The van der Waals surface area contributed by atoms with Crippen molar-refractivity contribution in [2.24, 2.45) is 11.8 Å². The third-order valence-corrected chi connectivity index (χ3v) is 4.61. The molecule has 10 heteroatoms. The molecule has 0 unspecified atom stereocenters. The predicted octanol–water partition coefficient (Wildman–Crippen LogP) is 1.30. The van der Waals surface area contributed by atoms with E-state index < -0.39 is 36.4 Å².